The van der Waals surface area contributed by atoms with E-state index in [9.17, 15) is 4.79 Å². The Morgan fingerprint density at radius 1 is 1.40 bits per heavy atom. The molecule has 0 radical (unpaired) electrons. The first-order chi connectivity index (χ1) is 6.97. The number of carbonyl (C=O) groups excluding carboxylic acids is 1. The molecule has 3 nitrogen and oxygen atoms in total. The zero-order valence-corrected chi connectivity index (χ0v) is 10.8. The van der Waals surface area contributed by atoms with Crippen LogP contribution in [0.15, 0.2) is 0 Å². The second-order valence-electron chi connectivity index (χ2n) is 4.20. The van der Waals surface area contributed by atoms with Gasteiger partial charge < -0.3 is 10.6 Å². The molecule has 0 spiro atoms. The Morgan fingerprint density at radius 2 is 2.00 bits per heavy atom. The van der Waals surface area contributed by atoms with E-state index < -0.39 is 0 Å². The molecule has 0 heterocycles. The summed E-state index contributed by atoms with van der Waals surface area (Å²) in [5, 5.41) is 0. The van der Waals surface area contributed by atoms with Gasteiger partial charge in [0, 0.05) is 25.9 Å². The van der Waals surface area contributed by atoms with Crippen molar-refractivity contribution in [3.05, 3.63) is 0 Å². The maximum absolute atomic E-state index is 11.8. The van der Waals surface area contributed by atoms with Gasteiger partial charge in [-0.05, 0) is 12.3 Å². The molecular weight excluding hydrogens is 208 g/mol. The normalized spacial score (nSPS) is 10.4. The monoisotopic (exact) mass is 230 g/mol. The van der Waals surface area contributed by atoms with Crippen molar-refractivity contribution in [2.24, 2.45) is 11.7 Å². The molecule has 0 aliphatic rings. The summed E-state index contributed by atoms with van der Waals surface area (Å²) in [7, 11) is 0. The van der Waals surface area contributed by atoms with Crippen LogP contribution in [0, 0.1) is 5.92 Å². The SMILES string of the molecule is CCCN(CCC(N)=S)C(=O)CC(C)C. The van der Waals surface area contributed by atoms with Gasteiger partial charge >= 0.3 is 0 Å². The Balaban J connectivity index is 4.11. The van der Waals surface area contributed by atoms with Crippen LogP contribution < -0.4 is 5.73 Å². The quantitative estimate of drug-likeness (QED) is 0.680. The zero-order valence-electron chi connectivity index (χ0n) is 9.95. The number of nitrogens with zero attached hydrogens (tertiary/aromatic N) is 1. The number of carbonyl (C=O) groups is 1. The lowest BCUT2D eigenvalue weighted by atomic mass is 10.1. The molecule has 0 aromatic rings. The van der Waals surface area contributed by atoms with Crippen LogP contribution in [0.2, 0.25) is 0 Å². The van der Waals surface area contributed by atoms with Gasteiger partial charge in [0.25, 0.3) is 0 Å². The smallest absolute Gasteiger partial charge is 0.222 e. The number of amides is 1. The van der Waals surface area contributed by atoms with Crippen LogP contribution in [0.4, 0.5) is 0 Å². The highest BCUT2D eigenvalue weighted by Crippen LogP contribution is 2.05. The van der Waals surface area contributed by atoms with E-state index in [1.807, 2.05) is 4.90 Å². The molecule has 0 fully saturated rings. The van der Waals surface area contributed by atoms with Crippen LogP contribution >= 0.6 is 12.2 Å². The first-order valence-corrected chi connectivity index (χ1v) is 5.94. The van der Waals surface area contributed by atoms with E-state index in [4.69, 9.17) is 18.0 Å². The van der Waals surface area contributed by atoms with Crippen LogP contribution in [0.1, 0.15) is 40.0 Å². The Morgan fingerprint density at radius 3 is 2.40 bits per heavy atom. The van der Waals surface area contributed by atoms with E-state index in [1.54, 1.807) is 0 Å². The topological polar surface area (TPSA) is 46.3 Å². The molecule has 4 heteroatoms. The first-order valence-electron chi connectivity index (χ1n) is 5.53. The highest BCUT2D eigenvalue weighted by molar-refractivity contribution is 7.80. The molecule has 0 atom stereocenters. The predicted octanol–water partition coefficient (Wildman–Crippen LogP) is 1.95. The summed E-state index contributed by atoms with van der Waals surface area (Å²) in [6, 6.07) is 0. The molecule has 0 bridgehead atoms. The molecular formula is C11H22N2OS. The Labute approximate surface area is 98.0 Å². The van der Waals surface area contributed by atoms with Crippen molar-refractivity contribution < 1.29 is 4.79 Å². The van der Waals surface area contributed by atoms with Crippen molar-refractivity contribution in [2.45, 2.75) is 40.0 Å². The second-order valence-corrected chi connectivity index (χ2v) is 4.72. The zero-order chi connectivity index (χ0) is 11.8. The lowest BCUT2D eigenvalue weighted by Crippen LogP contribution is -2.35. The summed E-state index contributed by atoms with van der Waals surface area (Å²) in [6.45, 7) is 7.63. The fourth-order valence-electron chi connectivity index (χ4n) is 1.35. The number of hydrogen-bond donors (Lipinski definition) is 1. The fourth-order valence-corrected chi connectivity index (χ4v) is 1.45. The molecule has 0 aromatic carbocycles. The van der Waals surface area contributed by atoms with E-state index in [0.29, 0.717) is 30.3 Å². The molecule has 0 saturated carbocycles. The van der Waals surface area contributed by atoms with Gasteiger partial charge in [0.15, 0.2) is 0 Å². The van der Waals surface area contributed by atoms with Crippen molar-refractivity contribution in [1.29, 1.82) is 0 Å². The van der Waals surface area contributed by atoms with Gasteiger partial charge in [-0.15, -0.1) is 0 Å². The lowest BCUT2D eigenvalue weighted by Gasteiger charge is -2.22. The van der Waals surface area contributed by atoms with Crippen molar-refractivity contribution in [2.75, 3.05) is 13.1 Å². The van der Waals surface area contributed by atoms with Gasteiger partial charge in [-0.3, -0.25) is 4.79 Å². The van der Waals surface area contributed by atoms with Crippen LogP contribution in [0.25, 0.3) is 0 Å². The minimum absolute atomic E-state index is 0.211. The van der Waals surface area contributed by atoms with Crippen LogP contribution in [-0.2, 0) is 4.79 Å². The average molecular weight is 230 g/mol. The summed E-state index contributed by atoms with van der Waals surface area (Å²) >= 11 is 4.81. The van der Waals surface area contributed by atoms with Gasteiger partial charge in [0.05, 0.1) is 4.99 Å². The van der Waals surface area contributed by atoms with Crippen molar-refractivity contribution in [3.63, 3.8) is 0 Å². The maximum Gasteiger partial charge on any atom is 0.222 e. The first kappa shape index (κ1) is 14.4. The summed E-state index contributed by atoms with van der Waals surface area (Å²) < 4.78 is 0. The maximum atomic E-state index is 11.8. The van der Waals surface area contributed by atoms with Crippen molar-refractivity contribution in [1.82, 2.24) is 4.90 Å². The molecule has 1 amide bonds. The minimum Gasteiger partial charge on any atom is -0.393 e. The van der Waals surface area contributed by atoms with Crippen molar-refractivity contribution in [3.8, 4) is 0 Å². The third-order valence-electron chi connectivity index (χ3n) is 2.06. The summed E-state index contributed by atoms with van der Waals surface area (Å²) in [5.74, 6) is 0.616. The van der Waals surface area contributed by atoms with E-state index in [2.05, 4.69) is 20.8 Å². The highest BCUT2D eigenvalue weighted by Gasteiger charge is 2.13. The lowest BCUT2D eigenvalue weighted by molar-refractivity contribution is -0.131. The van der Waals surface area contributed by atoms with Gasteiger partial charge in [-0.25, -0.2) is 0 Å². The fraction of sp³-hybridized carbons (Fsp3) is 0.818. The van der Waals surface area contributed by atoms with Gasteiger partial charge in [0.1, 0.15) is 0 Å². The number of nitrogens with two attached hydrogens (primary N) is 1. The molecule has 0 unspecified atom stereocenters. The molecule has 2 N–H and O–H groups in total. The predicted molar refractivity (Wildman–Crippen MR) is 67.7 cm³/mol. The Bertz CT molecular complexity index is 217. The summed E-state index contributed by atoms with van der Waals surface area (Å²) in [5.41, 5.74) is 5.43. The van der Waals surface area contributed by atoms with Crippen LogP contribution in [0.5, 0.6) is 0 Å². The molecule has 0 aliphatic heterocycles. The summed E-state index contributed by atoms with van der Waals surface area (Å²) in [4.78, 5) is 14.1. The standard InChI is InChI=1S/C11H22N2OS/c1-4-6-13(7-5-10(12)15)11(14)8-9(2)3/h9H,4-8H2,1-3H3,(H2,12,15). The highest BCUT2D eigenvalue weighted by atomic mass is 32.1. The third-order valence-corrected chi connectivity index (χ3v) is 2.26. The summed E-state index contributed by atoms with van der Waals surface area (Å²) in [6.07, 6.45) is 2.21. The van der Waals surface area contributed by atoms with Gasteiger partial charge in [-0.1, -0.05) is 33.0 Å². The molecule has 0 rings (SSSR count). The molecule has 0 aliphatic carbocycles. The largest absolute Gasteiger partial charge is 0.393 e. The average Bonchev–Trinajstić information content (AvgIpc) is 2.10. The van der Waals surface area contributed by atoms with E-state index in [1.165, 1.54) is 0 Å². The molecule has 0 aromatic heterocycles. The molecule has 88 valence electrons. The van der Waals surface area contributed by atoms with Crippen LogP contribution in [-0.4, -0.2) is 28.9 Å². The molecule has 15 heavy (non-hydrogen) atoms. The third kappa shape index (κ3) is 7.31. The van der Waals surface area contributed by atoms with E-state index in [0.717, 1.165) is 13.0 Å². The van der Waals surface area contributed by atoms with Crippen molar-refractivity contribution >= 4 is 23.1 Å². The second kappa shape index (κ2) is 7.63. The number of thiocarbonyl (C=S) groups is 1. The minimum atomic E-state index is 0.211. The van der Waals surface area contributed by atoms with E-state index in [-0.39, 0.29) is 5.91 Å². The van der Waals surface area contributed by atoms with Crippen LogP contribution in [0.3, 0.4) is 0 Å². The Hall–Kier alpha value is -0.640. The van der Waals surface area contributed by atoms with E-state index >= 15 is 0 Å². The van der Waals surface area contributed by atoms with Gasteiger partial charge in [-0.2, -0.15) is 0 Å². The molecule has 0 saturated heterocycles. The van der Waals surface area contributed by atoms with Gasteiger partial charge in [0.2, 0.25) is 5.91 Å². The Kier molecular flexibility index (Phi) is 7.30. The number of rotatable bonds is 7. The number of hydrogen-bond acceptors (Lipinski definition) is 2.